The van der Waals surface area contributed by atoms with Gasteiger partial charge in [-0.1, -0.05) is 12.1 Å². The van der Waals surface area contributed by atoms with Crippen LogP contribution < -0.4 is 4.74 Å². The van der Waals surface area contributed by atoms with Crippen LogP contribution in [0.3, 0.4) is 0 Å². The lowest BCUT2D eigenvalue weighted by Crippen LogP contribution is -2.35. The van der Waals surface area contributed by atoms with Gasteiger partial charge in [0, 0.05) is 18.7 Å². The highest BCUT2D eigenvalue weighted by Gasteiger charge is 2.19. The van der Waals surface area contributed by atoms with Gasteiger partial charge in [-0.05, 0) is 60.7 Å². The molecule has 2 aromatic rings. The zero-order chi connectivity index (χ0) is 17.8. The molecule has 3 rings (SSSR count). The summed E-state index contributed by atoms with van der Waals surface area (Å²) < 4.78 is 5.10. The second kappa shape index (κ2) is 7.38. The molecule has 1 aliphatic rings. The first kappa shape index (κ1) is 17.0. The number of methoxy groups -OCH3 is 1. The molecular weight excluding hydrogens is 318 g/mol. The molecule has 0 aliphatic carbocycles. The summed E-state index contributed by atoms with van der Waals surface area (Å²) in [5.41, 5.74) is 2.17. The van der Waals surface area contributed by atoms with E-state index in [1.54, 1.807) is 36.4 Å². The Hall–Kier alpha value is -2.82. The quantitative estimate of drug-likeness (QED) is 0.922. The highest BCUT2D eigenvalue weighted by atomic mass is 16.5. The molecule has 0 unspecified atom stereocenters. The van der Waals surface area contributed by atoms with E-state index in [1.165, 1.54) is 19.6 Å². The smallest absolute Gasteiger partial charge is 0.336 e. The average Bonchev–Trinajstić information content (AvgIpc) is 2.67. The zero-order valence-electron chi connectivity index (χ0n) is 14.2. The molecule has 2 aromatic carbocycles. The van der Waals surface area contributed by atoms with Crippen LogP contribution in [0.2, 0.25) is 0 Å². The highest BCUT2D eigenvalue weighted by Crippen LogP contribution is 2.28. The summed E-state index contributed by atoms with van der Waals surface area (Å²) in [5.74, 6) is -0.472. The number of likely N-dealkylation sites (tertiary alicyclic amines) is 1. The number of rotatable bonds is 4. The highest BCUT2D eigenvalue weighted by molar-refractivity contribution is 5.98. The third-order valence-electron chi connectivity index (χ3n) is 4.54. The Labute approximate surface area is 146 Å². The SMILES string of the molecule is COc1ccc(-c2ccc(C(=O)N3CCCCC3)cc2)c(C(=O)O)c1. The monoisotopic (exact) mass is 339 g/mol. The van der Waals surface area contributed by atoms with Gasteiger partial charge in [0.1, 0.15) is 5.75 Å². The van der Waals surface area contributed by atoms with E-state index in [2.05, 4.69) is 0 Å². The lowest BCUT2D eigenvalue weighted by atomic mass is 9.98. The number of piperidine rings is 1. The summed E-state index contributed by atoms with van der Waals surface area (Å²) >= 11 is 0. The van der Waals surface area contributed by atoms with Crippen molar-refractivity contribution < 1.29 is 19.4 Å². The van der Waals surface area contributed by atoms with E-state index in [9.17, 15) is 14.7 Å². The lowest BCUT2D eigenvalue weighted by Gasteiger charge is -2.26. The van der Waals surface area contributed by atoms with E-state index in [1.807, 2.05) is 4.90 Å². The van der Waals surface area contributed by atoms with Crippen LogP contribution in [0.5, 0.6) is 5.75 Å². The number of benzene rings is 2. The van der Waals surface area contributed by atoms with Gasteiger partial charge in [-0.15, -0.1) is 0 Å². The molecule has 1 aliphatic heterocycles. The molecule has 130 valence electrons. The van der Waals surface area contributed by atoms with Gasteiger partial charge in [0.25, 0.3) is 5.91 Å². The van der Waals surface area contributed by atoms with Crippen molar-refractivity contribution in [3.63, 3.8) is 0 Å². The number of nitrogens with zero attached hydrogens (tertiary/aromatic N) is 1. The molecule has 5 heteroatoms. The van der Waals surface area contributed by atoms with E-state index in [0.717, 1.165) is 31.5 Å². The minimum Gasteiger partial charge on any atom is -0.497 e. The standard InChI is InChI=1S/C20H21NO4/c1-25-16-9-10-17(18(13-16)20(23)24)14-5-7-15(8-6-14)19(22)21-11-3-2-4-12-21/h5-10,13H,2-4,11-12H2,1H3,(H,23,24). The van der Waals surface area contributed by atoms with Crippen LogP contribution in [0.25, 0.3) is 11.1 Å². The van der Waals surface area contributed by atoms with E-state index in [4.69, 9.17) is 4.74 Å². The zero-order valence-corrected chi connectivity index (χ0v) is 14.2. The van der Waals surface area contributed by atoms with Gasteiger partial charge >= 0.3 is 5.97 Å². The van der Waals surface area contributed by atoms with Crippen LogP contribution in [-0.4, -0.2) is 42.1 Å². The molecule has 0 radical (unpaired) electrons. The number of carboxylic acids is 1. The Balaban J connectivity index is 1.87. The third-order valence-corrected chi connectivity index (χ3v) is 4.54. The summed E-state index contributed by atoms with van der Waals surface area (Å²) in [7, 11) is 1.50. The molecule has 0 atom stereocenters. The second-order valence-corrected chi connectivity index (χ2v) is 6.15. The molecule has 1 fully saturated rings. The molecule has 5 nitrogen and oxygen atoms in total. The maximum atomic E-state index is 12.5. The van der Waals surface area contributed by atoms with E-state index >= 15 is 0 Å². The van der Waals surface area contributed by atoms with Crippen LogP contribution in [0.15, 0.2) is 42.5 Å². The van der Waals surface area contributed by atoms with Crippen LogP contribution in [0.4, 0.5) is 0 Å². The molecule has 1 heterocycles. The normalized spacial score (nSPS) is 14.2. The van der Waals surface area contributed by atoms with Crippen LogP contribution in [-0.2, 0) is 0 Å². The molecule has 0 aromatic heterocycles. The molecule has 0 bridgehead atoms. The molecule has 25 heavy (non-hydrogen) atoms. The number of hydrogen-bond acceptors (Lipinski definition) is 3. The predicted molar refractivity (Wildman–Crippen MR) is 95.1 cm³/mol. The van der Waals surface area contributed by atoms with E-state index in [-0.39, 0.29) is 11.5 Å². The van der Waals surface area contributed by atoms with Crippen LogP contribution >= 0.6 is 0 Å². The summed E-state index contributed by atoms with van der Waals surface area (Å²) in [6, 6.07) is 12.1. The lowest BCUT2D eigenvalue weighted by molar-refractivity contribution is 0.0694. The molecule has 0 saturated carbocycles. The summed E-state index contributed by atoms with van der Waals surface area (Å²) in [6.45, 7) is 1.62. The maximum Gasteiger partial charge on any atom is 0.336 e. The average molecular weight is 339 g/mol. The summed E-state index contributed by atoms with van der Waals surface area (Å²) in [6.07, 6.45) is 3.29. The first-order valence-corrected chi connectivity index (χ1v) is 8.41. The Bertz CT molecular complexity index is 777. The molecular formula is C20H21NO4. The molecule has 1 N–H and O–H groups in total. The molecule has 0 spiro atoms. The van der Waals surface area contributed by atoms with E-state index < -0.39 is 5.97 Å². The van der Waals surface area contributed by atoms with Crippen molar-refractivity contribution in [3.8, 4) is 16.9 Å². The molecule has 1 saturated heterocycles. The Kier molecular flexibility index (Phi) is 5.03. The van der Waals surface area contributed by atoms with Crippen molar-refractivity contribution in [2.24, 2.45) is 0 Å². The topological polar surface area (TPSA) is 66.8 Å². The van der Waals surface area contributed by atoms with Gasteiger partial charge in [-0.2, -0.15) is 0 Å². The fourth-order valence-corrected chi connectivity index (χ4v) is 3.15. The largest absolute Gasteiger partial charge is 0.497 e. The summed E-state index contributed by atoms with van der Waals surface area (Å²) in [5, 5.41) is 9.44. The Morgan fingerprint density at radius 3 is 2.28 bits per heavy atom. The Morgan fingerprint density at radius 2 is 1.68 bits per heavy atom. The van der Waals surface area contributed by atoms with Gasteiger partial charge in [0.05, 0.1) is 12.7 Å². The van der Waals surface area contributed by atoms with Crippen LogP contribution in [0.1, 0.15) is 40.0 Å². The van der Waals surface area contributed by atoms with Gasteiger partial charge in [-0.25, -0.2) is 4.79 Å². The van der Waals surface area contributed by atoms with Gasteiger partial charge < -0.3 is 14.7 Å². The van der Waals surface area contributed by atoms with E-state index in [0.29, 0.717) is 16.9 Å². The first-order chi connectivity index (χ1) is 12.1. The minimum atomic E-state index is -1.01. The minimum absolute atomic E-state index is 0.0411. The van der Waals surface area contributed by atoms with Crippen LogP contribution in [0, 0.1) is 0 Å². The fourth-order valence-electron chi connectivity index (χ4n) is 3.15. The van der Waals surface area contributed by atoms with Crippen molar-refractivity contribution in [2.45, 2.75) is 19.3 Å². The molecule has 1 amide bonds. The third kappa shape index (κ3) is 3.65. The van der Waals surface area contributed by atoms with Crippen molar-refractivity contribution in [1.29, 1.82) is 0 Å². The summed E-state index contributed by atoms with van der Waals surface area (Å²) in [4.78, 5) is 25.9. The van der Waals surface area contributed by atoms with Gasteiger partial charge in [0.15, 0.2) is 0 Å². The van der Waals surface area contributed by atoms with Gasteiger partial charge in [-0.3, -0.25) is 4.79 Å². The maximum absolute atomic E-state index is 12.5. The van der Waals surface area contributed by atoms with Crippen molar-refractivity contribution in [1.82, 2.24) is 4.90 Å². The number of carboxylic acid groups (broad SMARTS) is 1. The number of aromatic carboxylic acids is 1. The Morgan fingerprint density at radius 1 is 1.00 bits per heavy atom. The first-order valence-electron chi connectivity index (χ1n) is 8.41. The van der Waals surface area contributed by atoms with Gasteiger partial charge in [0.2, 0.25) is 0 Å². The number of carbonyl (C=O) groups excluding carboxylic acids is 1. The fraction of sp³-hybridized carbons (Fsp3) is 0.300. The van der Waals surface area contributed by atoms with Crippen molar-refractivity contribution >= 4 is 11.9 Å². The number of hydrogen-bond donors (Lipinski definition) is 1. The van der Waals surface area contributed by atoms with Crippen molar-refractivity contribution in [3.05, 3.63) is 53.6 Å². The number of ether oxygens (including phenoxy) is 1. The number of carbonyl (C=O) groups is 2. The van der Waals surface area contributed by atoms with Crippen molar-refractivity contribution in [2.75, 3.05) is 20.2 Å². The second-order valence-electron chi connectivity index (χ2n) is 6.15. The predicted octanol–water partition coefficient (Wildman–Crippen LogP) is 3.69. The number of amides is 1.